The van der Waals surface area contributed by atoms with E-state index in [4.69, 9.17) is 16.9 Å². The molecule has 6 aromatic rings. The summed E-state index contributed by atoms with van der Waals surface area (Å²) in [4.78, 5) is 267. The number of nitrogens with one attached hydrogen (secondary N) is 18. The standard InChI is InChI=1S/C84H110N20O21S/c1-11-12-21-70(112)125-52-24-22-50(23-25-52)94-66(107)27-26-57-76(116)98-59(29-43(4)5)81(121)103-71(44(6)7)84(124)100-61(31-49-35-88-56-20-16-14-18-54(49)56)78(118)102-65(83(123)104-72(46(9)105)73(85)113)39-126-40-68(109)89-37-64(101-80(120)63(33-69(110)111)93-47(10)106)82(122)92-45(8)74(114)96-60(30-48-34-87-55-19-15-13-17-53(48)55)77(117)99-62(32-51-36-86-41-91-51)79(119)97-58(28-42(2)3)75(115)90-38-67(108)95-57/h1,13-20,22-25,34-36,41-46,57-65,71-72,87-88,105H,12,21,26-33,37-40H2,2-10H3,(H2,85,113)(H,86,91)(H,89,109)(H,90,115)(H,92,122)(H,93,106)(H,94,107)(H,95,108)(H,96,114)(H,97,119)(H,98,116)(H,99,117)(H,100,124)(H,101,120)(H,102,118)(H,103,121)(H,104,123)(H,110,111)/t45-,46+,57-,58-,59-,60-,61-,62-,63-,64-,65-,71-,72-/m0/s1. The third-order valence-electron chi connectivity index (χ3n) is 19.8. The van der Waals surface area contributed by atoms with Crippen molar-refractivity contribution in [1.82, 2.24) is 94.4 Å². The van der Waals surface area contributed by atoms with Gasteiger partial charge in [-0.1, -0.05) is 77.9 Å². The maximum Gasteiger partial charge on any atom is 0.312 e. The van der Waals surface area contributed by atoms with Crippen LogP contribution in [0.3, 0.4) is 0 Å². The zero-order valence-corrected chi connectivity index (χ0v) is 71.9. The molecule has 1 saturated heterocycles. The number of hydrogen-bond acceptors (Lipinski definition) is 22. The number of carboxylic acid groups (broad SMARTS) is 1. The number of imidazole rings is 1. The van der Waals surface area contributed by atoms with Crippen molar-refractivity contribution in [3.05, 3.63) is 115 Å². The molecule has 3 aromatic carbocycles. The monoisotopic (exact) mass is 1770 g/mol. The smallest absolute Gasteiger partial charge is 0.312 e. The van der Waals surface area contributed by atoms with Crippen molar-refractivity contribution in [3.63, 3.8) is 0 Å². The Morgan fingerprint density at radius 2 is 1.16 bits per heavy atom. The van der Waals surface area contributed by atoms with Crippen LogP contribution in [0.25, 0.3) is 21.8 Å². The predicted molar refractivity (Wildman–Crippen MR) is 459 cm³/mol. The summed E-state index contributed by atoms with van der Waals surface area (Å²) in [5.41, 5.74) is 8.16. The average Bonchev–Trinajstić information content (AvgIpc) is 1.71. The molecule has 1 aliphatic rings. The first-order valence-corrected chi connectivity index (χ1v) is 41.9. The molecule has 0 unspecified atom stereocenters. The lowest BCUT2D eigenvalue weighted by Gasteiger charge is -2.29. The number of aliphatic hydroxyl groups excluding tert-OH is 1. The van der Waals surface area contributed by atoms with Crippen LogP contribution in [-0.2, 0) is 106 Å². The molecule has 42 heteroatoms. The van der Waals surface area contributed by atoms with Crippen LogP contribution in [0.15, 0.2) is 97.7 Å². The van der Waals surface area contributed by atoms with E-state index in [9.17, 15) is 82.1 Å². The highest BCUT2D eigenvalue weighted by molar-refractivity contribution is 8.00. The molecule has 0 bridgehead atoms. The highest BCUT2D eigenvalue weighted by atomic mass is 32.2. The number of aromatic amines is 3. The molecule has 0 radical (unpaired) electrons. The molecule has 126 heavy (non-hydrogen) atoms. The van der Waals surface area contributed by atoms with E-state index < -0.39 is 235 Å². The lowest BCUT2D eigenvalue weighted by atomic mass is 9.98. The molecule has 7 rings (SSSR count). The number of nitrogens with two attached hydrogens (primary N) is 1. The number of thioether (sulfide) groups is 1. The maximum absolute atomic E-state index is 15.2. The van der Waals surface area contributed by atoms with Gasteiger partial charge >= 0.3 is 11.9 Å². The summed E-state index contributed by atoms with van der Waals surface area (Å²) in [5, 5.41) is 59.5. The van der Waals surface area contributed by atoms with E-state index in [0.29, 0.717) is 44.7 Å². The number of H-pyrrole nitrogens is 3. The van der Waals surface area contributed by atoms with Crippen LogP contribution in [-0.4, -0.2) is 240 Å². The van der Waals surface area contributed by atoms with Gasteiger partial charge in [-0.05, 0) is 98.4 Å². The second kappa shape index (κ2) is 48.4. The summed E-state index contributed by atoms with van der Waals surface area (Å²) in [6.07, 6.45) is 6.42. The second-order valence-corrected chi connectivity index (χ2v) is 32.5. The zero-order chi connectivity index (χ0) is 92.6. The van der Waals surface area contributed by atoms with Gasteiger partial charge in [-0.15, -0.1) is 24.1 Å². The van der Waals surface area contributed by atoms with Gasteiger partial charge in [0.2, 0.25) is 94.5 Å². The van der Waals surface area contributed by atoms with Crippen molar-refractivity contribution in [3.8, 4) is 18.1 Å². The van der Waals surface area contributed by atoms with Crippen LogP contribution in [0, 0.1) is 30.1 Å². The lowest BCUT2D eigenvalue weighted by molar-refractivity contribution is -0.141. The number of esters is 1. The number of aromatic nitrogens is 4. The van der Waals surface area contributed by atoms with E-state index in [1.54, 1.807) is 102 Å². The molecule has 678 valence electrons. The van der Waals surface area contributed by atoms with Gasteiger partial charge in [0.15, 0.2) is 0 Å². The second-order valence-electron chi connectivity index (χ2n) is 31.5. The number of rotatable bonds is 27. The Labute approximate surface area is 729 Å². The van der Waals surface area contributed by atoms with Gasteiger partial charge in [0.05, 0.1) is 43.3 Å². The Kier molecular flexibility index (Phi) is 38.1. The molecule has 13 atom stereocenters. The Morgan fingerprint density at radius 3 is 1.71 bits per heavy atom. The van der Waals surface area contributed by atoms with E-state index in [0.717, 1.165) is 13.8 Å². The highest BCUT2D eigenvalue weighted by Gasteiger charge is 2.39. The molecule has 22 N–H and O–H groups in total. The molecular weight excluding hydrogens is 1660 g/mol. The molecule has 3 aromatic heterocycles. The molecule has 1 aliphatic heterocycles. The summed E-state index contributed by atoms with van der Waals surface area (Å²) in [5.74, 6) is -18.8. The van der Waals surface area contributed by atoms with Gasteiger partial charge in [0.1, 0.15) is 78.3 Å². The van der Waals surface area contributed by atoms with E-state index >= 15 is 14.4 Å². The molecule has 41 nitrogen and oxygen atoms in total. The number of benzene rings is 3. The van der Waals surface area contributed by atoms with E-state index in [1.165, 1.54) is 43.7 Å². The van der Waals surface area contributed by atoms with Crippen molar-refractivity contribution in [1.29, 1.82) is 0 Å². The SMILES string of the molecule is C#CCCC(=O)Oc1ccc(NC(=O)CC[C@@H]2NC(=O)CNC(=O)[C@H](CC(C)C)NC(=O)[C@H](Cc3c[nH]cn3)NC(=O)[C@H](Cc3c[nH]c4ccccc34)NC(=O)[C@H](C)NC(=O)[C@@H](NC(=O)[C@H](CC(=O)O)NC(C)=O)CNC(=O)CSC[C@@H](C(=O)N[C@H](C(N)=O)[C@@H](C)O)NC(=O)[C@H](Cc3c[nH]c4ccccc34)NC(=O)[C@H](C(C)C)NC(=O)[C@H](CC(C)C)NC2=O)cc1. The van der Waals surface area contributed by atoms with Crippen LogP contribution in [0.2, 0.25) is 0 Å². The van der Waals surface area contributed by atoms with Crippen LogP contribution in [0.4, 0.5) is 5.69 Å². The summed E-state index contributed by atoms with van der Waals surface area (Å²) in [7, 11) is 0. The minimum atomic E-state index is -1.92. The number of carboxylic acids is 1. The normalized spacial score (nSPS) is 21.4. The highest BCUT2D eigenvalue weighted by Crippen LogP contribution is 2.24. The Bertz CT molecular complexity index is 4930. The van der Waals surface area contributed by atoms with Crippen molar-refractivity contribution in [2.75, 3.05) is 29.9 Å². The van der Waals surface area contributed by atoms with Crippen molar-refractivity contribution in [2.24, 2.45) is 23.5 Å². The van der Waals surface area contributed by atoms with Crippen LogP contribution in [0.1, 0.15) is 124 Å². The largest absolute Gasteiger partial charge is 0.481 e. The Hall–Kier alpha value is -13.7. The Morgan fingerprint density at radius 1 is 0.611 bits per heavy atom. The topological polar surface area (TPSA) is 624 Å². The van der Waals surface area contributed by atoms with E-state index in [2.05, 4.69) is 106 Å². The van der Waals surface area contributed by atoms with Gasteiger partial charge in [-0.2, -0.15) is 0 Å². The first-order chi connectivity index (χ1) is 59.7. The van der Waals surface area contributed by atoms with Gasteiger partial charge in [-0.3, -0.25) is 86.3 Å². The summed E-state index contributed by atoms with van der Waals surface area (Å²) >= 11 is 0.664. The minimum absolute atomic E-state index is 0.0535. The molecule has 4 heterocycles. The number of ether oxygens (including phenoxy) is 1. The fourth-order valence-corrected chi connectivity index (χ4v) is 14.2. The maximum atomic E-state index is 15.2. The fraction of sp³-hybridized carbons (Fsp3) is 0.464. The van der Waals surface area contributed by atoms with Gasteiger partial charge in [0.25, 0.3) is 0 Å². The van der Waals surface area contributed by atoms with Crippen molar-refractivity contribution in [2.45, 2.75) is 205 Å². The number of carbonyl (C=O) groups excluding carboxylic acids is 17. The van der Waals surface area contributed by atoms with Gasteiger partial charge < -0.3 is 115 Å². The number of nitrogens with zero attached hydrogens (tertiary/aromatic N) is 1. The first-order valence-electron chi connectivity index (χ1n) is 40.8. The number of terminal acetylenes is 1. The number of aliphatic carboxylic acids is 1. The summed E-state index contributed by atoms with van der Waals surface area (Å²) in [6.45, 7) is 11.6. The van der Waals surface area contributed by atoms with Crippen molar-refractivity contribution < 1.29 is 101 Å². The minimum Gasteiger partial charge on any atom is -0.481 e. The number of fused-ring (bicyclic) bond motifs is 2. The number of anilines is 1. The van der Waals surface area contributed by atoms with E-state index in [-0.39, 0.29) is 73.9 Å². The number of hydrogen-bond donors (Lipinski definition) is 21. The summed E-state index contributed by atoms with van der Waals surface area (Å²) < 4.78 is 5.31. The molecule has 0 aliphatic carbocycles. The number of aliphatic hydroxyl groups is 1. The molecule has 0 saturated carbocycles. The first kappa shape index (κ1) is 99.4. The number of amides is 16. The van der Waals surface area contributed by atoms with Crippen LogP contribution < -0.4 is 90.2 Å². The average molecular weight is 1770 g/mol. The molecule has 16 amide bonds. The third-order valence-corrected chi connectivity index (χ3v) is 20.8. The van der Waals surface area contributed by atoms with Crippen LogP contribution in [0.5, 0.6) is 5.75 Å². The quantitative estimate of drug-likeness (QED) is 0.0152. The predicted octanol–water partition coefficient (Wildman–Crippen LogP) is -1.94. The number of primary amides is 1. The molecule has 1 fully saturated rings. The zero-order valence-electron chi connectivity index (χ0n) is 71.0. The lowest BCUT2D eigenvalue weighted by Crippen LogP contribution is -2.61. The van der Waals surface area contributed by atoms with Crippen LogP contribution >= 0.6 is 11.8 Å². The van der Waals surface area contributed by atoms with E-state index in [1.807, 2.05) is 0 Å². The number of para-hydroxylation sites is 2. The fourth-order valence-electron chi connectivity index (χ4n) is 13.3. The van der Waals surface area contributed by atoms with Gasteiger partial charge in [-0.25, -0.2) is 4.98 Å². The van der Waals surface area contributed by atoms with Crippen molar-refractivity contribution >= 4 is 146 Å². The molecule has 0 spiro atoms. The van der Waals surface area contributed by atoms with Gasteiger partial charge in [0, 0.05) is 97.4 Å². The Balaban J connectivity index is 1.30. The summed E-state index contributed by atoms with van der Waals surface area (Å²) in [6, 6.07) is -0.612. The third kappa shape index (κ3) is 31.6. The number of carbonyl (C=O) groups is 18. The molecular formula is C84H110N20O21S.